The van der Waals surface area contributed by atoms with Gasteiger partial charge in [-0.3, -0.25) is 0 Å². The van der Waals surface area contributed by atoms with Gasteiger partial charge in [0.15, 0.2) is 0 Å². The Hall–Kier alpha value is -0.930. The molecule has 2 N–H and O–H groups in total. The molecule has 1 atom stereocenters. The zero-order chi connectivity index (χ0) is 12.1. The molecule has 3 heteroatoms. The van der Waals surface area contributed by atoms with Crippen molar-refractivity contribution in [3.63, 3.8) is 0 Å². The lowest BCUT2D eigenvalue weighted by atomic mass is 9.97. The lowest BCUT2D eigenvalue weighted by molar-refractivity contribution is 0.139. The molecule has 90 valence electrons. The fourth-order valence-electron chi connectivity index (χ4n) is 1.90. The van der Waals surface area contributed by atoms with Gasteiger partial charge in [-0.1, -0.05) is 6.07 Å². The molecule has 0 aromatic heterocycles. The van der Waals surface area contributed by atoms with E-state index in [-0.39, 0.29) is 11.9 Å². The van der Waals surface area contributed by atoms with Crippen LogP contribution in [-0.2, 0) is 4.74 Å². The van der Waals surface area contributed by atoms with Gasteiger partial charge in [0.05, 0.1) is 0 Å². The highest BCUT2D eigenvalue weighted by atomic mass is 19.1. The van der Waals surface area contributed by atoms with E-state index in [9.17, 15) is 4.39 Å². The second-order valence-corrected chi connectivity index (χ2v) is 4.07. The third-order valence-electron chi connectivity index (χ3n) is 2.63. The number of ether oxygens (including phenoxy) is 1. The van der Waals surface area contributed by atoms with Gasteiger partial charge in [-0.2, -0.15) is 0 Å². The van der Waals surface area contributed by atoms with Crippen molar-refractivity contribution in [1.82, 2.24) is 0 Å². The molecule has 1 unspecified atom stereocenters. The third-order valence-corrected chi connectivity index (χ3v) is 2.63. The van der Waals surface area contributed by atoms with E-state index in [2.05, 4.69) is 0 Å². The first kappa shape index (κ1) is 13.1. The van der Waals surface area contributed by atoms with Crippen LogP contribution >= 0.6 is 0 Å². The molecule has 0 saturated carbocycles. The molecule has 0 spiro atoms. The molecular weight excluding hydrogens is 205 g/mol. The van der Waals surface area contributed by atoms with E-state index in [1.165, 1.54) is 6.07 Å². The SMILES string of the molecule is CCOCCC(N)c1c(C)cc(C)cc1F. The van der Waals surface area contributed by atoms with E-state index in [4.69, 9.17) is 10.5 Å². The summed E-state index contributed by atoms with van der Waals surface area (Å²) < 4.78 is 19.0. The Morgan fingerprint density at radius 3 is 2.62 bits per heavy atom. The van der Waals surface area contributed by atoms with Crippen molar-refractivity contribution in [2.24, 2.45) is 5.73 Å². The lowest BCUT2D eigenvalue weighted by Crippen LogP contribution is -2.16. The molecule has 0 bridgehead atoms. The van der Waals surface area contributed by atoms with Crippen LogP contribution in [0.4, 0.5) is 4.39 Å². The molecule has 16 heavy (non-hydrogen) atoms. The fourth-order valence-corrected chi connectivity index (χ4v) is 1.90. The molecule has 0 fully saturated rings. The highest BCUT2D eigenvalue weighted by Gasteiger charge is 2.14. The van der Waals surface area contributed by atoms with Crippen molar-refractivity contribution in [3.05, 3.63) is 34.6 Å². The van der Waals surface area contributed by atoms with Crippen LogP contribution in [0, 0.1) is 19.7 Å². The van der Waals surface area contributed by atoms with Gasteiger partial charge in [-0.15, -0.1) is 0 Å². The summed E-state index contributed by atoms with van der Waals surface area (Å²) in [5.74, 6) is -0.207. The highest BCUT2D eigenvalue weighted by molar-refractivity contribution is 5.34. The topological polar surface area (TPSA) is 35.2 Å². The van der Waals surface area contributed by atoms with Gasteiger partial charge >= 0.3 is 0 Å². The predicted molar refractivity (Wildman–Crippen MR) is 63.9 cm³/mol. The Morgan fingerprint density at radius 1 is 1.38 bits per heavy atom. The second kappa shape index (κ2) is 5.97. The van der Waals surface area contributed by atoms with Crippen molar-refractivity contribution in [2.75, 3.05) is 13.2 Å². The van der Waals surface area contributed by atoms with E-state index >= 15 is 0 Å². The number of hydrogen-bond acceptors (Lipinski definition) is 2. The van der Waals surface area contributed by atoms with Gasteiger partial charge < -0.3 is 10.5 Å². The first-order valence-corrected chi connectivity index (χ1v) is 5.66. The maximum atomic E-state index is 13.8. The van der Waals surface area contributed by atoms with Crippen LogP contribution in [0.5, 0.6) is 0 Å². The summed E-state index contributed by atoms with van der Waals surface area (Å²) in [6.07, 6.45) is 0.647. The van der Waals surface area contributed by atoms with Gasteiger partial charge in [-0.25, -0.2) is 4.39 Å². The fraction of sp³-hybridized carbons (Fsp3) is 0.538. The summed E-state index contributed by atoms with van der Waals surface area (Å²) in [5, 5.41) is 0. The first-order valence-electron chi connectivity index (χ1n) is 5.66. The molecule has 0 aliphatic heterocycles. The van der Waals surface area contributed by atoms with Crippen LogP contribution in [0.1, 0.15) is 36.1 Å². The summed E-state index contributed by atoms with van der Waals surface area (Å²) in [6, 6.07) is 3.20. The Balaban J connectivity index is 2.78. The van der Waals surface area contributed by atoms with Crippen molar-refractivity contribution >= 4 is 0 Å². The van der Waals surface area contributed by atoms with Gasteiger partial charge in [-0.05, 0) is 44.4 Å². The Kier molecular flexibility index (Phi) is 4.90. The monoisotopic (exact) mass is 225 g/mol. The molecule has 0 aliphatic rings. The number of hydrogen-bond donors (Lipinski definition) is 1. The number of benzene rings is 1. The molecule has 1 aromatic rings. The van der Waals surface area contributed by atoms with Crippen LogP contribution in [0.15, 0.2) is 12.1 Å². The average Bonchev–Trinajstić information content (AvgIpc) is 2.16. The van der Waals surface area contributed by atoms with E-state index in [0.29, 0.717) is 25.2 Å². The number of halogens is 1. The standard InChI is InChI=1S/C13H20FNO/c1-4-16-6-5-12(15)13-10(3)7-9(2)8-11(13)14/h7-8,12H,4-6,15H2,1-3H3. The Labute approximate surface area is 96.6 Å². The minimum Gasteiger partial charge on any atom is -0.382 e. The summed E-state index contributed by atoms with van der Waals surface area (Å²) in [4.78, 5) is 0. The summed E-state index contributed by atoms with van der Waals surface area (Å²) in [7, 11) is 0. The summed E-state index contributed by atoms with van der Waals surface area (Å²) in [5.41, 5.74) is 8.43. The molecular formula is C13H20FNO. The number of nitrogens with two attached hydrogens (primary N) is 1. The van der Waals surface area contributed by atoms with Crippen LogP contribution in [0.3, 0.4) is 0 Å². The molecule has 0 aliphatic carbocycles. The van der Waals surface area contributed by atoms with Gasteiger partial charge in [0.1, 0.15) is 5.82 Å². The highest BCUT2D eigenvalue weighted by Crippen LogP contribution is 2.23. The van der Waals surface area contributed by atoms with E-state index in [1.54, 1.807) is 0 Å². The van der Waals surface area contributed by atoms with Crippen molar-refractivity contribution in [1.29, 1.82) is 0 Å². The Bertz CT molecular complexity index is 329. The molecule has 0 radical (unpaired) electrons. The molecule has 0 amide bonds. The van der Waals surface area contributed by atoms with Crippen LogP contribution < -0.4 is 5.73 Å². The molecule has 0 heterocycles. The van der Waals surface area contributed by atoms with Gasteiger partial charge in [0.2, 0.25) is 0 Å². The quantitative estimate of drug-likeness (QED) is 0.782. The predicted octanol–water partition coefficient (Wildman–Crippen LogP) is 2.87. The van der Waals surface area contributed by atoms with E-state index < -0.39 is 0 Å². The molecule has 0 saturated heterocycles. The van der Waals surface area contributed by atoms with Crippen molar-refractivity contribution in [3.8, 4) is 0 Å². The normalized spacial score (nSPS) is 12.8. The maximum Gasteiger partial charge on any atom is 0.128 e. The first-order chi connectivity index (χ1) is 7.56. The van der Waals surface area contributed by atoms with Crippen LogP contribution in [0.25, 0.3) is 0 Å². The lowest BCUT2D eigenvalue weighted by Gasteiger charge is -2.16. The van der Waals surface area contributed by atoms with E-state index in [0.717, 1.165) is 11.1 Å². The molecule has 2 nitrogen and oxygen atoms in total. The zero-order valence-electron chi connectivity index (χ0n) is 10.2. The molecule has 1 rings (SSSR count). The second-order valence-electron chi connectivity index (χ2n) is 4.07. The summed E-state index contributed by atoms with van der Waals surface area (Å²) >= 11 is 0. The number of aryl methyl sites for hydroxylation is 2. The minimum absolute atomic E-state index is 0.207. The smallest absolute Gasteiger partial charge is 0.128 e. The Morgan fingerprint density at radius 2 is 2.06 bits per heavy atom. The summed E-state index contributed by atoms with van der Waals surface area (Å²) in [6.45, 7) is 6.95. The van der Waals surface area contributed by atoms with E-state index in [1.807, 2.05) is 26.8 Å². The number of rotatable bonds is 5. The van der Waals surface area contributed by atoms with Crippen LogP contribution in [-0.4, -0.2) is 13.2 Å². The minimum atomic E-state index is -0.285. The largest absolute Gasteiger partial charge is 0.382 e. The van der Waals surface area contributed by atoms with Crippen molar-refractivity contribution < 1.29 is 9.13 Å². The van der Waals surface area contributed by atoms with Gasteiger partial charge in [0.25, 0.3) is 0 Å². The maximum absolute atomic E-state index is 13.8. The van der Waals surface area contributed by atoms with Crippen molar-refractivity contribution in [2.45, 2.75) is 33.2 Å². The van der Waals surface area contributed by atoms with Crippen LogP contribution in [0.2, 0.25) is 0 Å². The van der Waals surface area contributed by atoms with Gasteiger partial charge in [0, 0.05) is 24.8 Å². The zero-order valence-corrected chi connectivity index (χ0v) is 10.2. The average molecular weight is 225 g/mol. The molecule has 1 aromatic carbocycles. The third kappa shape index (κ3) is 3.29.